The fourth-order valence-electron chi connectivity index (χ4n) is 3.09. The zero-order valence-corrected chi connectivity index (χ0v) is 16.0. The van der Waals surface area contributed by atoms with Crippen LogP contribution >= 0.6 is 11.3 Å². The van der Waals surface area contributed by atoms with Crippen LogP contribution in [0.5, 0.6) is 0 Å². The summed E-state index contributed by atoms with van der Waals surface area (Å²) in [7, 11) is 0. The Morgan fingerprint density at radius 3 is 2.67 bits per heavy atom. The largest absolute Gasteiger partial charge is 0.466 e. The molecule has 1 aliphatic heterocycles. The molecule has 2 amide bonds. The van der Waals surface area contributed by atoms with Gasteiger partial charge in [0.05, 0.1) is 17.4 Å². The summed E-state index contributed by atoms with van der Waals surface area (Å²) in [5.74, 6) is -0.772. The summed E-state index contributed by atoms with van der Waals surface area (Å²) in [6, 6.07) is 10.4. The molecule has 6 nitrogen and oxygen atoms in total. The van der Waals surface area contributed by atoms with Crippen LogP contribution in [0.15, 0.2) is 41.8 Å². The molecular formula is C20H22N2O4S. The number of carbonyl (C=O) groups is 3. The third-order valence-electron chi connectivity index (χ3n) is 4.46. The number of benzene rings is 1. The summed E-state index contributed by atoms with van der Waals surface area (Å²) < 4.78 is 5.08. The normalized spacial score (nSPS) is 16.6. The van der Waals surface area contributed by atoms with Crippen LogP contribution < -0.4 is 5.32 Å². The fourth-order valence-corrected chi connectivity index (χ4v) is 3.71. The topological polar surface area (TPSA) is 75.7 Å². The number of anilines is 1. The van der Waals surface area contributed by atoms with E-state index in [1.165, 1.54) is 11.3 Å². The van der Waals surface area contributed by atoms with Gasteiger partial charge in [-0.1, -0.05) is 6.07 Å². The number of piperidine rings is 1. The summed E-state index contributed by atoms with van der Waals surface area (Å²) in [5.41, 5.74) is 1.17. The van der Waals surface area contributed by atoms with Crippen LogP contribution in [0.25, 0.3) is 0 Å². The lowest BCUT2D eigenvalue weighted by molar-refractivity contribution is -0.149. The van der Waals surface area contributed by atoms with Crippen molar-refractivity contribution in [3.05, 3.63) is 52.2 Å². The first-order valence-electron chi connectivity index (χ1n) is 8.99. The highest BCUT2D eigenvalue weighted by molar-refractivity contribution is 7.12. The Labute approximate surface area is 162 Å². The van der Waals surface area contributed by atoms with Crippen LogP contribution in [0, 0.1) is 5.92 Å². The molecule has 1 aliphatic rings. The average molecular weight is 386 g/mol. The molecule has 27 heavy (non-hydrogen) atoms. The van der Waals surface area contributed by atoms with Crippen LogP contribution in [-0.2, 0) is 9.53 Å². The van der Waals surface area contributed by atoms with E-state index < -0.39 is 0 Å². The van der Waals surface area contributed by atoms with E-state index in [4.69, 9.17) is 4.74 Å². The molecule has 3 rings (SSSR count). The minimum Gasteiger partial charge on any atom is -0.466 e. The van der Waals surface area contributed by atoms with Crippen molar-refractivity contribution in [2.24, 2.45) is 5.92 Å². The Balaban J connectivity index is 1.61. The molecular weight excluding hydrogens is 364 g/mol. The predicted octanol–water partition coefficient (Wildman–Crippen LogP) is 3.42. The van der Waals surface area contributed by atoms with Crippen LogP contribution in [0.4, 0.5) is 5.69 Å². The van der Waals surface area contributed by atoms with Gasteiger partial charge in [-0.2, -0.15) is 0 Å². The van der Waals surface area contributed by atoms with E-state index in [2.05, 4.69) is 5.32 Å². The van der Waals surface area contributed by atoms with Crippen molar-refractivity contribution in [1.82, 2.24) is 4.90 Å². The second kappa shape index (κ2) is 8.81. The van der Waals surface area contributed by atoms with Crippen molar-refractivity contribution in [3.63, 3.8) is 0 Å². The van der Waals surface area contributed by atoms with E-state index in [-0.39, 0.29) is 23.7 Å². The van der Waals surface area contributed by atoms with Gasteiger partial charge in [0.25, 0.3) is 11.8 Å². The molecule has 2 aromatic rings. The van der Waals surface area contributed by atoms with E-state index in [1.807, 2.05) is 11.4 Å². The van der Waals surface area contributed by atoms with Crippen molar-refractivity contribution in [1.29, 1.82) is 0 Å². The van der Waals surface area contributed by atoms with Crippen molar-refractivity contribution >= 4 is 34.8 Å². The van der Waals surface area contributed by atoms with Crippen LogP contribution in [0.2, 0.25) is 0 Å². The number of rotatable bonds is 5. The summed E-state index contributed by atoms with van der Waals surface area (Å²) in [6.07, 6.45) is 1.53. The van der Waals surface area contributed by atoms with Gasteiger partial charge in [-0.15, -0.1) is 11.3 Å². The lowest BCUT2D eigenvalue weighted by Gasteiger charge is -2.31. The Morgan fingerprint density at radius 2 is 2.00 bits per heavy atom. The molecule has 7 heteroatoms. The highest BCUT2D eigenvalue weighted by atomic mass is 32.1. The molecule has 0 unspecified atom stereocenters. The Morgan fingerprint density at radius 1 is 1.22 bits per heavy atom. The third-order valence-corrected chi connectivity index (χ3v) is 5.33. The maximum absolute atomic E-state index is 12.7. The first-order chi connectivity index (χ1) is 13.1. The lowest BCUT2D eigenvalue weighted by atomic mass is 9.97. The number of nitrogens with one attached hydrogen (secondary N) is 1. The second-order valence-electron chi connectivity index (χ2n) is 6.35. The molecule has 2 heterocycles. The average Bonchev–Trinajstić information content (AvgIpc) is 3.23. The van der Waals surface area contributed by atoms with Gasteiger partial charge in [0.2, 0.25) is 0 Å². The number of amides is 2. The van der Waals surface area contributed by atoms with Crippen molar-refractivity contribution in [2.45, 2.75) is 19.8 Å². The van der Waals surface area contributed by atoms with E-state index in [1.54, 1.807) is 42.2 Å². The van der Waals surface area contributed by atoms with Crippen molar-refractivity contribution < 1.29 is 19.1 Å². The third kappa shape index (κ3) is 4.74. The number of esters is 1. The van der Waals surface area contributed by atoms with Gasteiger partial charge in [0.15, 0.2) is 0 Å². The van der Waals surface area contributed by atoms with Gasteiger partial charge < -0.3 is 15.0 Å². The smallest absolute Gasteiger partial charge is 0.310 e. The summed E-state index contributed by atoms with van der Waals surface area (Å²) in [6.45, 7) is 3.14. The van der Waals surface area contributed by atoms with Gasteiger partial charge in [-0.25, -0.2) is 0 Å². The molecule has 0 spiro atoms. The van der Waals surface area contributed by atoms with Crippen LogP contribution in [0.1, 0.15) is 39.8 Å². The second-order valence-corrected chi connectivity index (χ2v) is 7.30. The van der Waals surface area contributed by atoms with Gasteiger partial charge in [-0.05, 0) is 55.5 Å². The van der Waals surface area contributed by atoms with Crippen LogP contribution in [-0.4, -0.2) is 42.4 Å². The first-order valence-corrected chi connectivity index (χ1v) is 9.87. The highest BCUT2D eigenvalue weighted by Gasteiger charge is 2.29. The Kier molecular flexibility index (Phi) is 6.24. The van der Waals surface area contributed by atoms with Gasteiger partial charge in [-0.3, -0.25) is 14.4 Å². The molecule has 0 saturated carbocycles. The molecule has 0 radical (unpaired) electrons. The summed E-state index contributed by atoms with van der Waals surface area (Å²) >= 11 is 1.37. The zero-order valence-electron chi connectivity index (χ0n) is 15.1. The molecule has 1 fully saturated rings. The van der Waals surface area contributed by atoms with Crippen molar-refractivity contribution in [2.75, 3.05) is 25.0 Å². The standard InChI is InChI=1S/C20H22N2O4S/c1-2-26-20(25)15-5-3-11-22(13-15)19(24)14-7-9-16(10-8-14)21-18(23)17-6-4-12-27-17/h4,6-10,12,15H,2-3,5,11,13H2,1H3,(H,21,23)/t15-/m1/s1. The molecule has 0 bridgehead atoms. The minimum atomic E-state index is -0.257. The number of carbonyl (C=O) groups excluding carboxylic acids is 3. The summed E-state index contributed by atoms with van der Waals surface area (Å²) in [5, 5.41) is 4.66. The number of hydrogen-bond donors (Lipinski definition) is 1. The molecule has 1 atom stereocenters. The van der Waals surface area contributed by atoms with Crippen molar-refractivity contribution in [3.8, 4) is 0 Å². The Hall–Kier alpha value is -2.67. The predicted molar refractivity (Wildman–Crippen MR) is 104 cm³/mol. The van der Waals surface area contributed by atoms with Gasteiger partial charge >= 0.3 is 5.97 Å². The van der Waals surface area contributed by atoms with E-state index in [0.717, 1.165) is 12.8 Å². The molecule has 1 aromatic heterocycles. The fraction of sp³-hybridized carbons (Fsp3) is 0.350. The molecule has 1 N–H and O–H groups in total. The Bertz CT molecular complexity index is 802. The monoisotopic (exact) mass is 386 g/mol. The number of ether oxygens (including phenoxy) is 1. The summed E-state index contributed by atoms with van der Waals surface area (Å²) in [4.78, 5) is 39.1. The van der Waals surface area contributed by atoms with Crippen LogP contribution in [0.3, 0.4) is 0 Å². The van der Waals surface area contributed by atoms with E-state index in [0.29, 0.717) is 35.8 Å². The number of nitrogens with zero attached hydrogens (tertiary/aromatic N) is 1. The number of thiophene rings is 1. The lowest BCUT2D eigenvalue weighted by Crippen LogP contribution is -2.42. The highest BCUT2D eigenvalue weighted by Crippen LogP contribution is 2.21. The molecule has 1 saturated heterocycles. The minimum absolute atomic E-state index is 0.111. The first kappa shape index (κ1) is 19.1. The quantitative estimate of drug-likeness (QED) is 0.799. The maximum Gasteiger partial charge on any atom is 0.310 e. The van der Waals surface area contributed by atoms with E-state index in [9.17, 15) is 14.4 Å². The molecule has 1 aromatic carbocycles. The zero-order chi connectivity index (χ0) is 19.2. The molecule has 0 aliphatic carbocycles. The SMILES string of the molecule is CCOC(=O)[C@@H]1CCCN(C(=O)c2ccc(NC(=O)c3cccs3)cc2)C1. The van der Waals surface area contributed by atoms with Gasteiger partial charge in [0.1, 0.15) is 0 Å². The number of likely N-dealkylation sites (tertiary alicyclic amines) is 1. The number of hydrogen-bond acceptors (Lipinski definition) is 5. The molecule has 142 valence electrons. The van der Waals surface area contributed by atoms with Gasteiger partial charge in [0, 0.05) is 24.3 Å². The maximum atomic E-state index is 12.7. The van der Waals surface area contributed by atoms with E-state index >= 15 is 0 Å².